The predicted molar refractivity (Wildman–Crippen MR) is 73.8 cm³/mol. The smallest absolute Gasteiger partial charge is 0.243 e. The molecule has 1 aromatic heterocycles. The first kappa shape index (κ1) is 13.1. The Labute approximate surface area is 111 Å². The van der Waals surface area contributed by atoms with Crippen molar-refractivity contribution in [1.82, 2.24) is 4.31 Å². The monoisotopic (exact) mass is 282 g/mol. The second-order valence-electron chi connectivity index (χ2n) is 3.97. The maximum Gasteiger partial charge on any atom is 0.243 e. The van der Waals surface area contributed by atoms with Crippen molar-refractivity contribution >= 4 is 27.0 Å². The Bertz CT molecular complexity index is 621. The number of hydrogen-bond donors (Lipinski definition) is 1. The van der Waals surface area contributed by atoms with E-state index in [1.807, 2.05) is 16.8 Å². The Hall–Kier alpha value is -1.37. The lowest BCUT2D eigenvalue weighted by Gasteiger charge is -2.16. The van der Waals surface area contributed by atoms with Gasteiger partial charge in [-0.3, -0.25) is 0 Å². The molecule has 0 aliphatic heterocycles. The van der Waals surface area contributed by atoms with Crippen LogP contribution < -0.4 is 5.73 Å². The molecule has 0 saturated carbocycles. The van der Waals surface area contributed by atoms with Crippen molar-refractivity contribution in [3.63, 3.8) is 0 Å². The molecule has 18 heavy (non-hydrogen) atoms. The third-order valence-corrected chi connectivity index (χ3v) is 5.08. The fraction of sp³-hybridized carbons (Fsp3) is 0.167. The first-order valence-electron chi connectivity index (χ1n) is 5.33. The number of rotatable bonds is 4. The van der Waals surface area contributed by atoms with E-state index >= 15 is 0 Å². The molecule has 2 N–H and O–H groups in total. The van der Waals surface area contributed by atoms with E-state index in [0.29, 0.717) is 12.2 Å². The van der Waals surface area contributed by atoms with Crippen LogP contribution >= 0.6 is 11.3 Å². The molecule has 2 rings (SSSR count). The van der Waals surface area contributed by atoms with Crippen LogP contribution in [0.15, 0.2) is 46.0 Å². The topological polar surface area (TPSA) is 63.4 Å². The van der Waals surface area contributed by atoms with Gasteiger partial charge >= 0.3 is 0 Å². The Morgan fingerprint density at radius 2 is 2.11 bits per heavy atom. The molecule has 0 bridgehead atoms. The number of sulfonamides is 1. The van der Waals surface area contributed by atoms with Crippen LogP contribution in [0, 0.1) is 0 Å². The lowest BCUT2D eigenvalue weighted by atomic mass is 10.3. The third-order valence-electron chi connectivity index (χ3n) is 2.55. The minimum Gasteiger partial charge on any atom is -0.399 e. The standard InChI is InChI=1S/C12H14N2O2S2/c1-14(8-10-5-6-17-9-10)18(15,16)12-4-2-3-11(13)7-12/h2-7,9H,8,13H2,1H3. The molecule has 0 radical (unpaired) electrons. The van der Waals surface area contributed by atoms with E-state index in [4.69, 9.17) is 5.73 Å². The predicted octanol–water partition coefficient (Wildman–Crippen LogP) is 2.15. The van der Waals surface area contributed by atoms with Crippen LogP contribution in [0.25, 0.3) is 0 Å². The van der Waals surface area contributed by atoms with E-state index < -0.39 is 10.0 Å². The SMILES string of the molecule is CN(Cc1ccsc1)S(=O)(=O)c1cccc(N)c1. The molecule has 2 aromatic rings. The summed E-state index contributed by atoms with van der Waals surface area (Å²) in [6.07, 6.45) is 0. The van der Waals surface area contributed by atoms with Crippen LogP contribution in [-0.4, -0.2) is 19.8 Å². The van der Waals surface area contributed by atoms with Crippen LogP contribution in [0.2, 0.25) is 0 Å². The molecule has 4 nitrogen and oxygen atoms in total. The van der Waals surface area contributed by atoms with Crippen molar-refractivity contribution in [2.24, 2.45) is 0 Å². The van der Waals surface area contributed by atoms with E-state index in [-0.39, 0.29) is 4.90 Å². The zero-order valence-corrected chi connectivity index (χ0v) is 11.5. The molecule has 0 atom stereocenters. The third kappa shape index (κ3) is 2.72. The quantitative estimate of drug-likeness (QED) is 0.874. The Morgan fingerprint density at radius 3 is 2.72 bits per heavy atom. The zero-order chi connectivity index (χ0) is 13.2. The summed E-state index contributed by atoms with van der Waals surface area (Å²) in [5.74, 6) is 0. The zero-order valence-electron chi connectivity index (χ0n) is 9.91. The molecular weight excluding hydrogens is 268 g/mol. The average molecular weight is 282 g/mol. The van der Waals surface area contributed by atoms with Crippen molar-refractivity contribution in [1.29, 1.82) is 0 Å². The van der Waals surface area contributed by atoms with Crippen molar-refractivity contribution in [3.05, 3.63) is 46.7 Å². The normalized spacial score (nSPS) is 11.9. The molecular formula is C12H14N2O2S2. The number of hydrogen-bond acceptors (Lipinski definition) is 4. The lowest BCUT2D eigenvalue weighted by Crippen LogP contribution is -2.26. The van der Waals surface area contributed by atoms with Crippen LogP contribution in [0.5, 0.6) is 0 Å². The summed E-state index contributed by atoms with van der Waals surface area (Å²) in [7, 11) is -1.91. The number of nitrogen functional groups attached to an aromatic ring is 1. The van der Waals surface area contributed by atoms with Crippen LogP contribution in [0.4, 0.5) is 5.69 Å². The lowest BCUT2D eigenvalue weighted by molar-refractivity contribution is 0.467. The van der Waals surface area contributed by atoms with E-state index in [0.717, 1.165) is 5.56 Å². The molecule has 0 saturated heterocycles. The number of nitrogens with zero attached hydrogens (tertiary/aromatic N) is 1. The summed E-state index contributed by atoms with van der Waals surface area (Å²) in [4.78, 5) is 0.222. The summed E-state index contributed by atoms with van der Waals surface area (Å²) >= 11 is 1.55. The summed E-state index contributed by atoms with van der Waals surface area (Å²) in [6, 6.07) is 8.24. The Morgan fingerprint density at radius 1 is 1.33 bits per heavy atom. The Balaban J connectivity index is 2.25. The second kappa shape index (κ2) is 5.09. The van der Waals surface area contributed by atoms with Crippen molar-refractivity contribution in [2.75, 3.05) is 12.8 Å². The molecule has 96 valence electrons. The average Bonchev–Trinajstić information content (AvgIpc) is 2.81. The molecule has 1 heterocycles. The maximum absolute atomic E-state index is 12.3. The van der Waals surface area contributed by atoms with Gasteiger partial charge in [0.25, 0.3) is 0 Å². The number of nitrogens with two attached hydrogens (primary N) is 1. The highest BCUT2D eigenvalue weighted by Crippen LogP contribution is 2.19. The van der Waals surface area contributed by atoms with Gasteiger partial charge in [-0.2, -0.15) is 15.6 Å². The van der Waals surface area contributed by atoms with E-state index in [1.165, 1.54) is 10.4 Å². The Kier molecular flexibility index (Phi) is 3.70. The van der Waals surface area contributed by atoms with Gasteiger partial charge in [-0.15, -0.1) is 0 Å². The van der Waals surface area contributed by atoms with E-state index in [1.54, 1.807) is 36.6 Å². The van der Waals surface area contributed by atoms with Crippen LogP contribution in [0.3, 0.4) is 0 Å². The number of thiophene rings is 1. The molecule has 1 aromatic carbocycles. The van der Waals surface area contributed by atoms with Gasteiger partial charge in [0.05, 0.1) is 4.90 Å². The fourth-order valence-electron chi connectivity index (χ4n) is 1.58. The molecule has 0 fully saturated rings. The van der Waals surface area contributed by atoms with Gasteiger partial charge in [0.15, 0.2) is 0 Å². The molecule has 0 amide bonds. The summed E-state index contributed by atoms with van der Waals surface area (Å²) in [5.41, 5.74) is 7.04. The summed E-state index contributed by atoms with van der Waals surface area (Å²) < 4.78 is 25.9. The molecule has 0 unspecified atom stereocenters. The minimum atomic E-state index is -3.48. The highest BCUT2D eigenvalue weighted by molar-refractivity contribution is 7.89. The number of benzene rings is 1. The van der Waals surface area contributed by atoms with Crippen molar-refractivity contribution in [3.8, 4) is 0 Å². The first-order valence-corrected chi connectivity index (χ1v) is 7.71. The summed E-state index contributed by atoms with van der Waals surface area (Å²) in [5, 5.41) is 3.86. The summed E-state index contributed by atoms with van der Waals surface area (Å²) in [6.45, 7) is 0.362. The van der Waals surface area contributed by atoms with Gasteiger partial charge in [-0.1, -0.05) is 6.07 Å². The fourth-order valence-corrected chi connectivity index (χ4v) is 3.45. The van der Waals surface area contributed by atoms with Crippen molar-refractivity contribution < 1.29 is 8.42 Å². The highest BCUT2D eigenvalue weighted by atomic mass is 32.2. The van der Waals surface area contributed by atoms with E-state index in [2.05, 4.69) is 0 Å². The van der Waals surface area contributed by atoms with Crippen LogP contribution in [-0.2, 0) is 16.6 Å². The van der Waals surface area contributed by atoms with Crippen LogP contribution in [0.1, 0.15) is 5.56 Å². The van der Waals surface area contributed by atoms with Gasteiger partial charge in [0, 0.05) is 19.3 Å². The van der Waals surface area contributed by atoms with Gasteiger partial charge in [-0.05, 0) is 40.6 Å². The molecule has 0 spiro atoms. The van der Waals surface area contributed by atoms with Crippen molar-refractivity contribution in [2.45, 2.75) is 11.4 Å². The largest absolute Gasteiger partial charge is 0.399 e. The second-order valence-corrected chi connectivity index (χ2v) is 6.79. The van der Waals surface area contributed by atoms with Gasteiger partial charge in [0.1, 0.15) is 0 Å². The van der Waals surface area contributed by atoms with E-state index in [9.17, 15) is 8.42 Å². The van der Waals surface area contributed by atoms with Gasteiger partial charge in [0.2, 0.25) is 10.0 Å². The number of anilines is 1. The van der Waals surface area contributed by atoms with Gasteiger partial charge < -0.3 is 5.73 Å². The first-order chi connectivity index (χ1) is 8.50. The molecule has 6 heteroatoms. The molecule has 0 aliphatic carbocycles. The van der Waals surface area contributed by atoms with Gasteiger partial charge in [-0.25, -0.2) is 8.42 Å². The highest BCUT2D eigenvalue weighted by Gasteiger charge is 2.20. The molecule has 0 aliphatic rings. The minimum absolute atomic E-state index is 0.222. The maximum atomic E-state index is 12.3.